The lowest BCUT2D eigenvalue weighted by molar-refractivity contribution is 0.0632. The standard InChI is InChI=1S/C28H35N9O2/c1-33-21-6-5-7-22(21)37-23(26(33)38)16-19-17-30-27(32-25(19)37)31-24-9-8-20(18-29-24)34-12-14-36(15-13-34)28(39)35-10-3-2-4-11-35/h8-9,16-18,21-22H,2-7,10-15H2,1H3,(H,29,30,31,32). The van der Waals surface area contributed by atoms with Crippen LogP contribution in [0.3, 0.4) is 0 Å². The molecule has 0 bridgehead atoms. The lowest BCUT2D eigenvalue weighted by atomic mass is 10.1. The van der Waals surface area contributed by atoms with Gasteiger partial charge in [-0.1, -0.05) is 0 Å². The quantitative estimate of drug-likeness (QED) is 0.554. The van der Waals surface area contributed by atoms with Gasteiger partial charge in [-0.15, -0.1) is 0 Å². The molecule has 11 heteroatoms. The number of urea groups is 1. The highest BCUT2D eigenvalue weighted by Crippen LogP contribution is 2.41. The van der Waals surface area contributed by atoms with Crippen molar-refractivity contribution in [2.75, 3.05) is 56.5 Å². The molecule has 7 rings (SSSR count). The van der Waals surface area contributed by atoms with Gasteiger partial charge in [0.25, 0.3) is 5.91 Å². The van der Waals surface area contributed by atoms with Crippen LogP contribution >= 0.6 is 0 Å². The number of fused-ring (bicyclic) bond motifs is 5. The highest BCUT2D eigenvalue weighted by molar-refractivity contribution is 5.99. The van der Waals surface area contributed by atoms with Crippen LogP contribution in [-0.4, -0.2) is 98.5 Å². The normalized spacial score (nSPS) is 23.3. The van der Waals surface area contributed by atoms with Crippen molar-refractivity contribution in [3.63, 3.8) is 0 Å². The molecule has 3 fully saturated rings. The van der Waals surface area contributed by atoms with E-state index < -0.39 is 0 Å². The van der Waals surface area contributed by atoms with Gasteiger partial charge in [-0.3, -0.25) is 4.79 Å². The fourth-order valence-corrected chi connectivity index (χ4v) is 6.78. The molecule has 0 spiro atoms. The van der Waals surface area contributed by atoms with Gasteiger partial charge in [-0.05, 0) is 56.7 Å². The topological polar surface area (TPSA) is 103 Å². The molecule has 3 aromatic heterocycles. The van der Waals surface area contributed by atoms with E-state index in [1.165, 1.54) is 6.42 Å². The number of hydrogen-bond donors (Lipinski definition) is 1. The van der Waals surface area contributed by atoms with Gasteiger partial charge >= 0.3 is 6.03 Å². The van der Waals surface area contributed by atoms with Gasteiger partial charge in [0, 0.05) is 57.9 Å². The van der Waals surface area contributed by atoms with Gasteiger partial charge < -0.3 is 29.5 Å². The molecule has 3 amide bonds. The molecule has 4 aliphatic rings. The zero-order valence-electron chi connectivity index (χ0n) is 22.4. The third kappa shape index (κ3) is 4.24. The Morgan fingerprint density at radius 1 is 0.897 bits per heavy atom. The predicted octanol–water partition coefficient (Wildman–Crippen LogP) is 3.48. The average Bonchev–Trinajstić information content (AvgIpc) is 3.62. The zero-order valence-corrected chi connectivity index (χ0v) is 22.4. The highest BCUT2D eigenvalue weighted by Gasteiger charge is 2.41. The molecule has 11 nitrogen and oxygen atoms in total. The van der Waals surface area contributed by atoms with E-state index in [0.717, 1.165) is 88.1 Å². The van der Waals surface area contributed by atoms with Gasteiger partial charge in [0.15, 0.2) is 0 Å². The van der Waals surface area contributed by atoms with E-state index in [1.807, 2.05) is 46.1 Å². The van der Waals surface area contributed by atoms with Crippen LogP contribution in [0.5, 0.6) is 0 Å². The zero-order chi connectivity index (χ0) is 26.5. The van der Waals surface area contributed by atoms with Crippen LogP contribution in [0.1, 0.15) is 55.1 Å². The number of carbonyl (C=O) groups is 2. The molecule has 2 saturated heterocycles. The molecular weight excluding hydrogens is 494 g/mol. The van der Waals surface area contributed by atoms with E-state index in [1.54, 1.807) is 6.20 Å². The maximum Gasteiger partial charge on any atom is 0.320 e. The van der Waals surface area contributed by atoms with Crippen LogP contribution in [-0.2, 0) is 0 Å². The summed E-state index contributed by atoms with van der Waals surface area (Å²) in [4.78, 5) is 47.9. The third-order valence-electron chi connectivity index (χ3n) is 8.92. The minimum absolute atomic E-state index is 0.0552. The van der Waals surface area contributed by atoms with Crippen molar-refractivity contribution in [2.45, 2.75) is 50.6 Å². The van der Waals surface area contributed by atoms with Crippen molar-refractivity contribution in [3.8, 4) is 0 Å². The van der Waals surface area contributed by atoms with E-state index in [4.69, 9.17) is 4.98 Å². The molecule has 1 saturated carbocycles. The van der Waals surface area contributed by atoms with Crippen molar-refractivity contribution >= 4 is 40.4 Å². The van der Waals surface area contributed by atoms with Gasteiger partial charge in [-0.2, -0.15) is 4.98 Å². The summed E-state index contributed by atoms with van der Waals surface area (Å²) in [5.74, 6) is 1.19. The van der Waals surface area contributed by atoms with Crippen LogP contribution in [0.2, 0.25) is 0 Å². The molecule has 2 unspecified atom stereocenters. The highest BCUT2D eigenvalue weighted by atomic mass is 16.2. The van der Waals surface area contributed by atoms with Gasteiger partial charge in [0.05, 0.1) is 24.0 Å². The molecule has 6 heterocycles. The second-order valence-corrected chi connectivity index (χ2v) is 11.2. The third-order valence-corrected chi connectivity index (χ3v) is 8.92. The number of likely N-dealkylation sites (N-methyl/N-ethyl adjacent to an activating group) is 1. The maximum atomic E-state index is 13.0. The first kappa shape index (κ1) is 24.2. The lowest BCUT2D eigenvalue weighted by Crippen LogP contribution is -2.53. The van der Waals surface area contributed by atoms with Crippen LogP contribution in [0.25, 0.3) is 11.0 Å². The Hall–Kier alpha value is -3.89. The van der Waals surface area contributed by atoms with Crippen LogP contribution in [0, 0.1) is 0 Å². The average molecular weight is 530 g/mol. The maximum absolute atomic E-state index is 13.0. The van der Waals surface area contributed by atoms with Crippen molar-refractivity contribution in [2.24, 2.45) is 0 Å². The summed E-state index contributed by atoms with van der Waals surface area (Å²) in [6.07, 6.45) is 10.3. The van der Waals surface area contributed by atoms with E-state index in [9.17, 15) is 9.59 Å². The van der Waals surface area contributed by atoms with Crippen molar-refractivity contribution in [3.05, 3.63) is 36.3 Å². The van der Waals surface area contributed by atoms with Gasteiger partial charge in [0.2, 0.25) is 5.95 Å². The van der Waals surface area contributed by atoms with Crippen molar-refractivity contribution < 1.29 is 9.59 Å². The number of nitrogens with zero attached hydrogens (tertiary/aromatic N) is 8. The number of pyridine rings is 1. The van der Waals surface area contributed by atoms with Gasteiger partial charge in [0.1, 0.15) is 17.2 Å². The summed E-state index contributed by atoms with van der Waals surface area (Å²) in [7, 11) is 1.91. The van der Waals surface area contributed by atoms with Crippen LogP contribution in [0.4, 0.5) is 22.2 Å². The number of likely N-dealkylation sites (tertiary alicyclic amines) is 1. The Balaban J connectivity index is 1.03. The second kappa shape index (κ2) is 9.69. The van der Waals surface area contributed by atoms with Crippen molar-refractivity contribution in [1.29, 1.82) is 0 Å². The SMILES string of the molecule is CN1C(=O)c2cc3cnc(Nc4ccc(N5CCN(C(=O)N6CCCCC6)CC5)cn4)nc3n2C2CCCC21. The Kier molecular flexibility index (Phi) is 6.01. The molecular formula is C28H35N9O2. The van der Waals surface area contributed by atoms with Gasteiger partial charge in [-0.25, -0.2) is 14.8 Å². The Bertz CT molecular complexity index is 1390. The molecule has 1 N–H and O–H groups in total. The first-order valence-corrected chi connectivity index (χ1v) is 14.2. The summed E-state index contributed by atoms with van der Waals surface area (Å²) in [5.41, 5.74) is 2.54. The number of aromatic nitrogens is 4. The van der Waals surface area contributed by atoms with E-state index in [-0.39, 0.29) is 24.0 Å². The minimum atomic E-state index is 0.0552. The van der Waals surface area contributed by atoms with Crippen molar-refractivity contribution in [1.82, 2.24) is 34.2 Å². The Labute approximate surface area is 227 Å². The molecule has 1 aliphatic carbocycles. The van der Waals surface area contributed by atoms with Crippen LogP contribution in [0.15, 0.2) is 30.6 Å². The summed E-state index contributed by atoms with van der Waals surface area (Å²) in [5, 5.41) is 4.12. The molecule has 0 radical (unpaired) electrons. The van der Waals surface area contributed by atoms with Crippen LogP contribution < -0.4 is 10.2 Å². The number of piperazine rings is 1. The summed E-state index contributed by atoms with van der Waals surface area (Å²) in [6.45, 7) is 4.82. The minimum Gasteiger partial charge on any atom is -0.367 e. The lowest BCUT2D eigenvalue weighted by Gasteiger charge is -2.39. The number of nitrogens with one attached hydrogen (secondary N) is 1. The van der Waals surface area contributed by atoms with E-state index >= 15 is 0 Å². The predicted molar refractivity (Wildman–Crippen MR) is 148 cm³/mol. The summed E-state index contributed by atoms with van der Waals surface area (Å²) >= 11 is 0. The van der Waals surface area contributed by atoms with E-state index in [0.29, 0.717) is 17.5 Å². The molecule has 3 aliphatic heterocycles. The first-order valence-electron chi connectivity index (χ1n) is 14.2. The summed E-state index contributed by atoms with van der Waals surface area (Å²) in [6, 6.07) is 6.58. The molecule has 39 heavy (non-hydrogen) atoms. The van der Waals surface area contributed by atoms with E-state index in [2.05, 4.69) is 24.8 Å². The fourth-order valence-electron chi connectivity index (χ4n) is 6.78. The number of rotatable bonds is 3. The number of anilines is 3. The molecule has 3 aromatic rings. The number of amides is 3. The fraction of sp³-hybridized carbons (Fsp3) is 0.536. The number of hydrogen-bond acceptors (Lipinski definition) is 7. The Morgan fingerprint density at radius 2 is 1.67 bits per heavy atom. The monoisotopic (exact) mass is 529 g/mol. The molecule has 204 valence electrons. The smallest absolute Gasteiger partial charge is 0.320 e. The molecule has 2 atom stereocenters. The molecule has 0 aromatic carbocycles. The number of piperidine rings is 1. The second-order valence-electron chi connectivity index (χ2n) is 11.2. The first-order chi connectivity index (χ1) is 19.1. The largest absolute Gasteiger partial charge is 0.367 e. The number of carbonyl (C=O) groups excluding carboxylic acids is 2. The summed E-state index contributed by atoms with van der Waals surface area (Å²) < 4.78 is 2.13. The Morgan fingerprint density at radius 3 is 2.44 bits per heavy atom.